The van der Waals surface area contributed by atoms with Gasteiger partial charge in [-0.25, -0.2) is 14.6 Å². The van der Waals surface area contributed by atoms with Crippen molar-refractivity contribution in [1.82, 2.24) is 15.0 Å². The van der Waals surface area contributed by atoms with E-state index in [1.54, 1.807) is 19.2 Å². The first kappa shape index (κ1) is 23.7. The number of nitrogens with one attached hydrogen (secondary N) is 2. The Hall–Kier alpha value is -4.99. The largest absolute Gasteiger partial charge is 0.497 e. The van der Waals surface area contributed by atoms with Crippen molar-refractivity contribution in [3.63, 3.8) is 0 Å². The van der Waals surface area contributed by atoms with Crippen LogP contribution in [0.15, 0.2) is 87.6 Å². The normalized spacial score (nSPS) is 14.9. The van der Waals surface area contributed by atoms with Gasteiger partial charge < -0.3 is 14.5 Å². The summed E-state index contributed by atoms with van der Waals surface area (Å²) in [5.41, 5.74) is 0.341. The molecule has 3 aromatic carbocycles. The van der Waals surface area contributed by atoms with E-state index in [-0.39, 0.29) is 0 Å². The number of carbonyl (C=O) groups excluding carboxylic acids is 2. The van der Waals surface area contributed by atoms with Crippen LogP contribution in [-0.4, -0.2) is 46.3 Å². The van der Waals surface area contributed by atoms with Gasteiger partial charge >= 0.3 is 11.7 Å². The van der Waals surface area contributed by atoms with Crippen LogP contribution in [0.4, 0.5) is 0 Å². The Morgan fingerprint density at radius 1 is 1.03 bits per heavy atom. The summed E-state index contributed by atoms with van der Waals surface area (Å²) in [4.78, 5) is 52.7. The van der Waals surface area contributed by atoms with Crippen molar-refractivity contribution in [2.24, 2.45) is 5.10 Å². The third-order valence-corrected chi connectivity index (χ3v) is 6.12. The standard InChI is InChI=1S/C27H22N4O6/c1-36-20-10-8-17(9-11-20)23-13-22(19-7-6-16-4-2-3-5-18(16)12-19)30-31(23)24(32)15-37-26(34)21-14-28-27(35)29-25(21)33/h2-12,14,23H,13,15H2,1H3,(H2,28,29,33,35). The molecule has 10 heteroatoms. The van der Waals surface area contributed by atoms with E-state index in [4.69, 9.17) is 9.47 Å². The van der Waals surface area contributed by atoms with E-state index in [1.807, 2.05) is 59.6 Å². The molecule has 1 amide bonds. The molecule has 0 spiro atoms. The van der Waals surface area contributed by atoms with Crippen LogP contribution in [0.25, 0.3) is 10.8 Å². The van der Waals surface area contributed by atoms with Gasteiger partial charge in [-0.15, -0.1) is 0 Å². The Morgan fingerprint density at radius 2 is 1.78 bits per heavy atom. The predicted octanol–water partition coefficient (Wildman–Crippen LogP) is 2.76. The quantitative estimate of drug-likeness (QED) is 0.393. The lowest BCUT2D eigenvalue weighted by Gasteiger charge is -2.22. The lowest BCUT2D eigenvalue weighted by Crippen LogP contribution is -2.33. The molecule has 1 aromatic heterocycles. The highest BCUT2D eigenvalue weighted by molar-refractivity contribution is 6.05. The van der Waals surface area contributed by atoms with E-state index in [1.165, 1.54) is 5.01 Å². The predicted molar refractivity (Wildman–Crippen MR) is 136 cm³/mol. The number of benzene rings is 3. The Kier molecular flexibility index (Phi) is 6.38. The second kappa shape index (κ2) is 9.94. The minimum absolute atomic E-state index is 0.416. The number of aromatic amines is 2. The van der Waals surface area contributed by atoms with Gasteiger partial charge in [0.1, 0.15) is 11.3 Å². The van der Waals surface area contributed by atoms with E-state index in [9.17, 15) is 19.2 Å². The molecule has 0 radical (unpaired) electrons. The van der Waals surface area contributed by atoms with Gasteiger partial charge in [-0.1, -0.05) is 48.5 Å². The van der Waals surface area contributed by atoms with E-state index in [0.29, 0.717) is 17.9 Å². The maximum Gasteiger partial charge on any atom is 0.345 e. The number of esters is 1. The summed E-state index contributed by atoms with van der Waals surface area (Å²) in [6.07, 6.45) is 1.39. The fourth-order valence-electron chi connectivity index (χ4n) is 4.20. The third kappa shape index (κ3) is 4.90. The first-order valence-corrected chi connectivity index (χ1v) is 11.4. The van der Waals surface area contributed by atoms with E-state index in [0.717, 1.165) is 28.1 Å². The lowest BCUT2D eigenvalue weighted by molar-refractivity contribution is -0.136. The summed E-state index contributed by atoms with van der Waals surface area (Å²) in [5, 5.41) is 8.05. The maximum absolute atomic E-state index is 13.2. The van der Waals surface area contributed by atoms with Crippen LogP contribution in [0.2, 0.25) is 0 Å². The number of H-pyrrole nitrogens is 2. The number of hydrazone groups is 1. The molecule has 10 nitrogen and oxygen atoms in total. The van der Waals surface area contributed by atoms with Crippen LogP contribution in [0, 0.1) is 0 Å². The molecular formula is C27H22N4O6. The number of nitrogens with zero attached hydrogens (tertiary/aromatic N) is 2. The van der Waals surface area contributed by atoms with Crippen molar-refractivity contribution >= 4 is 28.4 Å². The molecule has 4 aromatic rings. The minimum atomic E-state index is -1.04. The van der Waals surface area contributed by atoms with E-state index in [2.05, 4.69) is 10.1 Å². The van der Waals surface area contributed by atoms with Crippen LogP contribution in [0.3, 0.4) is 0 Å². The van der Waals surface area contributed by atoms with Crippen molar-refractivity contribution < 1.29 is 19.1 Å². The topological polar surface area (TPSA) is 134 Å². The summed E-state index contributed by atoms with van der Waals surface area (Å²) >= 11 is 0. The number of carbonyl (C=O) groups is 2. The number of hydrogen-bond acceptors (Lipinski definition) is 7. The smallest absolute Gasteiger partial charge is 0.345 e. The SMILES string of the molecule is COc1ccc(C2CC(c3ccc4ccccc4c3)=NN2C(=O)COC(=O)c2c[nH]c(=O)[nH]c2=O)cc1. The van der Waals surface area contributed by atoms with Gasteiger partial charge in [-0.3, -0.25) is 14.6 Å². The molecule has 5 rings (SSSR count). The maximum atomic E-state index is 13.2. The molecule has 2 N–H and O–H groups in total. The van der Waals surface area contributed by atoms with Crippen LogP contribution in [0.5, 0.6) is 5.75 Å². The molecule has 0 saturated heterocycles. The highest BCUT2D eigenvalue weighted by Crippen LogP contribution is 2.34. The van der Waals surface area contributed by atoms with Crippen LogP contribution < -0.4 is 16.0 Å². The van der Waals surface area contributed by atoms with Gasteiger partial charge in [0.05, 0.1) is 18.9 Å². The third-order valence-electron chi connectivity index (χ3n) is 6.12. The van der Waals surface area contributed by atoms with Crippen LogP contribution in [0.1, 0.15) is 33.9 Å². The lowest BCUT2D eigenvalue weighted by atomic mass is 9.97. The highest BCUT2D eigenvalue weighted by atomic mass is 16.5. The zero-order valence-electron chi connectivity index (χ0n) is 19.8. The Morgan fingerprint density at radius 3 is 2.51 bits per heavy atom. The molecule has 0 bridgehead atoms. The van der Waals surface area contributed by atoms with Gasteiger partial charge in [0, 0.05) is 12.6 Å². The average Bonchev–Trinajstić information content (AvgIpc) is 3.37. The monoisotopic (exact) mass is 498 g/mol. The Labute approximate surface area is 210 Å². The van der Waals surface area contributed by atoms with Gasteiger partial charge in [-0.05, 0) is 40.1 Å². The molecule has 1 atom stereocenters. The fraction of sp³-hybridized carbons (Fsp3) is 0.148. The molecule has 0 saturated carbocycles. The van der Waals surface area contributed by atoms with Crippen LogP contribution >= 0.6 is 0 Å². The average molecular weight is 498 g/mol. The first-order valence-electron chi connectivity index (χ1n) is 11.4. The van der Waals surface area contributed by atoms with Gasteiger partial charge in [0.25, 0.3) is 11.5 Å². The number of hydrogen-bond donors (Lipinski definition) is 2. The summed E-state index contributed by atoms with van der Waals surface area (Å²) in [5.74, 6) is -0.925. The van der Waals surface area contributed by atoms with Gasteiger partial charge in [0.15, 0.2) is 6.61 Å². The molecule has 0 fully saturated rings. The molecule has 1 aliphatic heterocycles. The first-order chi connectivity index (χ1) is 17.9. The number of fused-ring (bicyclic) bond motifs is 1. The van der Waals surface area contributed by atoms with Gasteiger partial charge in [-0.2, -0.15) is 5.10 Å². The summed E-state index contributed by atoms with van der Waals surface area (Å²) in [6.45, 7) is -0.640. The Balaban J connectivity index is 1.41. The van der Waals surface area contributed by atoms with Gasteiger partial charge in [0.2, 0.25) is 0 Å². The van der Waals surface area contributed by atoms with Crippen molar-refractivity contribution in [2.45, 2.75) is 12.5 Å². The molecular weight excluding hydrogens is 476 g/mol. The second-order valence-corrected chi connectivity index (χ2v) is 8.40. The number of amides is 1. The second-order valence-electron chi connectivity index (χ2n) is 8.40. The molecule has 37 heavy (non-hydrogen) atoms. The van der Waals surface area contributed by atoms with Crippen molar-refractivity contribution in [2.75, 3.05) is 13.7 Å². The zero-order chi connectivity index (χ0) is 25.9. The summed E-state index contributed by atoms with van der Waals surface area (Å²) in [7, 11) is 1.57. The Bertz CT molecular complexity index is 1640. The van der Waals surface area contributed by atoms with Crippen molar-refractivity contribution in [3.05, 3.63) is 110 Å². The zero-order valence-corrected chi connectivity index (χ0v) is 19.8. The highest BCUT2D eigenvalue weighted by Gasteiger charge is 2.34. The molecule has 2 heterocycles. The molecule has 186 valence electrons. The summed E-state index contributed by atoms with van der Waals surface area (Å²) < 4.78 is 10.3. The fourth-order valence-corrected chi connectivity index (χ4v) is 4.20. The number of methoxy groups -OCH3 is 1. The number of aromatic nitrogens is 2. The van der Waals surface area contributed by atoms with E-state index >= 15 is 0 Å². The molecule has 0 aliphatic carbocycles. The molecule has 1 unspecified atom stereocenters. The van der Waals surface area contributed by atoms with Crippen LogP contribution in [-0.2, 0) is 9.53 Å². The minimum Gasteiger partial charge on any atom is -0.497 e. The van der Waals surface area contributed by atoms with E-state index < -0.39 is 41.3 Å². The summed E-state index contributed by atoms with van der Waals surface area (Å²) in [6, 6.07) is 20.8. The number of ether oxygens (including phenoxy) is 2. The van der Waals surface area contributed by atoms with Crippen molar-refractivity contribution in [3.8, 4) is 5.75 Å². The molecule has 1 aliphatic rings. The number of rotatable bonds is 6. The van der Waals surface area contributed by atoms with Crippen molar-refractivity contribution in [1.29, 1.82) is 0 Å².